The SMILES string of the molecule is CC(=O)O.CC(=O)SCC1CC1.[H-].[H-].[Li+].[Li+]. The van der Waals surface area contributed by atoms with Crippen molar-refractivity contribution in [3.8, 4) is 0 Å². The number of thioether (sulfide) groups is 1. The average molecular weight is 206 g/mol. The number of hydrogen-bond donors (Lipinski definition) is 1. The fourth-order valence-corrected chi connectivity index (χ4v) is 1.32. The molecule has 1 aliphatic rings. The molecule has 74 valence electrons. The zero-order valence-electron chi connectivity index (χ0n) is 11.4. The van der Waals surface area contributed by atoms with Gasteiger partial charge in [-0.3, -0.25) is 9.59 Å². The quantitative estimate of drug-likeness (QED) is 0.468. The first kappa shape index (κ1) is 20.1. The van der Waals surface area contributed by atoms with Crippen molar-refractivity contribution in [2.75, 3.05) is 5.75 Å². The molecule has 0 aromatic carbocycles. The standard InChI is InChI=1S/C6H10OS.C2H4O2.2Li.2H/c1-5(7)8-4-6-2-3-6;1-2(3)4;;;;/h6H,2-4H2,1H3;1H3,(H,3,4);;;;/q;;2*+1;2*-1. The van der Waals surface area contributed by atoms with Gasteiger partial charge in [0.2, 0.25) is 0 Å². The molecule has 0 aromatic heterocycles. The van der Waals surface area contributed by atoms with Gasteiger partial charge in [-0.15, -0.1) is 0 Å². The number of hydrogen-bond acceptors (Lipinski definition) is 3. The predicted molar refractivity (Wildman–Crippen MR) is 51.4 cm³/mol. The number of carbonyl (C=O) groups is 2. The van der Waals surface area contributed by atoms with Gasteiger partial charge in [0.25, 0.3) is 5.97 Å². The third-order valence-corrected chi connectivity index (χ3v) is 2.26. The molecule has 0 spiro atoms. The fraction of sp³-hybridized carbons (Fsp3) is 0.750. The van der Waals surface area contributed by atoms with Crippen LogP contribution in [0.3, 0.4) is 0 Å². The number of rotatable bonds is 2. The van der Waals surface area contributed by atoms with E-state index in [4.69, 9.17) is 9.90 Å². The van der Waals surface area contributed by atoms with Gasteiger partial charge in [-0.2, -0.15) is 0 Å². The molecule has 0 atom stereocenters. The van der Waals surface area contributed by atoms with E-state index in [0.717, 1.165) is 18.6 Å². The summed E-state index contributed by atoms with van der Waals surface area (Å²) in [6.07, 6.45) is 2.70. The molecule has 1 N–H and O–H groups in total. The van der Waals surface area contributed by atoms with E-state index in [1.807, 2.05) is 0 Å². The van der Waals surface area contributed by atoms with Crippen LogP contribution in [0.2, 0.25) is 0 Å². The average Bonchev–Trinajstić information content (AvgIpc) is 2.63. The Bertz CT molecular complexity index is 177. The van der Waals surface area contributed by atoms with Crippen LogP contribution in [0.1, 0.15) is 29.5 Å². The molecule has 6 heteroatoms. The topological polar surface area (TPSA) is 54.4 Å². The molecule has 0 aromatic rings. The molecule has 0 unspecified atom stereocenters. The molecule has 1 fully saturated rings. The Morgan fingerprint density at radius 1 is 1.36 bits per heavy atom. The normalized spacial score (nSPS) is 12.4. The maximum absolute atomic E-state index is 10.3. The summed E-state index contributed by atoms with van der Waals surface area (Å²) in [4.78, 5) is 19.3. The van der Waals surface area contributed by atoms with E-state index in [1.54, 1.807) is 6.92 Å². The van der Waals surface area contributed by atoms with E-state index in [9.17, 15) is 4.79 Å². The van der Waals surface area contributed by atoms with Gasteiger partial charge in [0.15, 0.2) is 5.12 Å². The summed E-state index contributed by atoms with van der Waals surface area (Å²) in [7, 11) is 0. The first-order chi connectivity index (χ1) is 5.52. The van der Waals surface area contributed by atoms with E-state index < -0.39 is 5.97 Å². The Balaban J connectivity index is -0.0000000458. The second-order valence-corrected chi connectivity index (χ2v) is 3.96. The molecule has 0 heterocycles. The molecule has 0 radical (unpaired) electrons. The monoisotopic (exact) mass is 206 g/mol. The summed E-state index contributed by atoms with van der Waals surface area (Å²) in [6, 6.07) is 0. The summed E-state index contributed by atoms with van der Waals surface area (Å²) in [5.74, 6) is 1.11. The smallest absolute Gasteiger partial charge is 1.00 e. The molecule has 1 aliphatic carbocycles. The molecular weight excluding hydrogens is 190 g/mol. The van der Waals surface area contributed by atoms with Crippen molar-refractivity contribution >= 4 is 22.8 Å². The van der Waals surface area contributed by atoms with Crippen molar-refractivity contribution in [1.29, 1.82) is 0 Å². The number of carboxylic acids is 1. The van der Waals surface area contributed by atoms with Crippen molar-refractivity contribution in [3.63, 3.8) is 0 Å². The van der Waals surface area contributed by atoms with E-state index >= 15 is 0 Å². The molecule has 0 aliphatic heterocycles. The largest absolute Gasteiger partial charge is 1.00 e. The van der Waals surface area contributed by atoms with Gasteiger partial charge in [-0.05, 0) is 18.8 Å². The van der Waals surface area contributed by atoms with Gasteiger partial charge in [0.1, 0.15) is 0 Å². The van der Waals surface area contributed by atoms with E-state index in [-0.39, 0.29) is 45.7 Å². The van der Waals surface area contributed by atoms with Gasteiger partial charge >= 0.3 is 37.7 Å². The molecular formula is C8H16Li2O3S. The minimum absolute atomic E-state index is 0. The Morgan fingerprint density at radius 3 is 1.93 bits per heavy atom. The second kappa shape index (κ2) is 11.8. The molecule has 0 amide bonds. The molecule has 0 saturated heterocycles. The summed E-state index contributed by atoms with van der Waals surface area (Å²) in [6.45, 7) is 2.72. The minimum Gasteiger partial charge on any atom is -1.00 e. The van der Waals surface area contributed by atoms with E-state index in [2.05, 4.69) is 0 Å². The van der Waals surface area contributed by atoms with Crippen LogP contribution in [0.5, 0.6) is 0 Å². The summed E-state index contributed by atoms with van der Waals surface area (Å²) < 4.78 is 0. The Morgan fingerprint density at radius 2 is 1.71 bits per heavy atom. The van der Waals surface area contributed by atoms with Gasteiger partial charge < -0.3 is 7.96 Å². The molecule has 1 rings (SSSR count). The Hall–Kier alpha value is 0.685. The molecule has 0 bridgehead atoms. The maximum atomic E-state index is 10.3. The van der Waals surface area contributed by atoms with Gasteiger partial charge in [-0.25, -0.2) is 0 Å². The Labute approximate surface area is 116 Å². The first-order valence-electron chi connectivity index (χ1n) is 3.85. The van der Waals surface area contributed by atoms with Crippen LogP contribution in [-0.4, -0.2) is 21.9 Å². The van der Waals surface area contributed by atoms with Crippen LogP contribution in [0.15, 0.2) is 0 Å². The third-order valence-electron chi connectivity index (χ3n) is 1.22. The predicted octanol–water partition coefficient (Wildman–Crippen LogP) is -4.00. The van der Waals surface area contributed by atoms with Gasteiger partial charge in [0, 0.05) is 19.6 Å². The van der Waals surface area contributed by atoms with E-state index in [1.165, 1.54) is 24.6 Å². The second-order valence-electron chi connectivity index (χ2n) is 2.76. The van der Waals surface area contributed by atoms with Crippen molar-refractivity contribution < 1.29 is 55.3 Å². The summed E-state index contributed by atoms with van der Waals surface area (Å²) in [5.41, 5.74) is 0. The van der Waals surface area contributed by atoms with Crippen molar-refractivity contribution in [2.45, 2.75) is 26.7 Å². The maximum Gasteiger partial charge on any atom is 1.00 e. The van der Waals surface area contributed by atoms with Crippen LogP contribution in [0.4, 0.5) is 0 Å². The molecule has 1 saturated carbocycles. The van der Waals surface area contributed by atoms with Crippen molar-refractivity contribution in [1.82, 2.24) is 0 Å². The van der Waals surface area contributed by atoms with Gasteiger partial charge in [0.05, 0.1) is 0 Å². The zero-order valence-corrected chi connectivity index (χ0v) is 10.2. The minimum atomic E-state index is -0.833. The van der Waals surface area contributed by atoms with Crippen LogP contribution in [0.25, 0.3) is 0 Å². The van der Waals surface area contributed by atoms with E-state index in [0.29, 0.717) is 0 Å². The van der Waals surface area contributed by atoms with Crippen LogP contribution >= 0.6 is 11.8 Å². The van der Waals surface area contributed by atoms with Crippen LogP contribution in [-0.2, 0) is 9.59 Å². The Kier molecular flexibility index (Phi) is 16.9. The van der Waals surface area contributed by atoms with Crippen molar-refractivity contribution in [3.05, 3.63) is 0 Å². The zero-order chi connectivity index (χ0) is 9.56. The molecule has 3 nitrogen and oxygen atoms in total. The van der Waals surface area contributed by atoms with Crippen LogP contribution in [0, 0.1) is 5.92 Å². The summed E-state index contributed by atoms with van der Waals surface area (Å²) in [5, 5.41) is 7.68. The van der Waals surface area contributed by atoms with Gasteiger partial charge in [-0.1, -0.05) is 11.8 Å². The molecule has 14 heavy (non-hydrogen) atoms. The number of aliphatic carboxylic acids is 1. The third kappa shape index (κ3) is 23.0. The number of carbonyl (C=O) groups excluding carboxylic acids is 1. The fourth-order valence-electron chi connectivity index (χ4n) is 0.520. The van der Waals surface area contributed by atoms with Crippen LogP contribution < -0.4 is 37.7 Å². The first-order valence-corrected chi connectivity index (χ1v) is 4.83. The number of carboxylic acid groups (broad SMARTS) is 1. The summed E-state index contributed by atoms with van der Waals surface area (Å²) >= 11 is 1.46. The van der Waals surface area contributed by atoms with Crippen molar-refractivity contribution in [2.24, 2.45) is 5.92 Å².